The summed E-state index contributed by atoms with van der Waals surface area (Å²) in [5, 5.41) is 3.55. The van der Waals surface area contributed by atoms with Gasteiger partial charge >= 0.3 is 0 Å². The van der Waals surface area contributed by atoms with E-state index >= 15 is 0 Å². The fraction of sp³-hybridized carbons (Fsp3) is 0.625. The summed E-state index contributed by atoms with van der Waals surface area (Å²) in [6, 6.07) is 9.24. The van der Waals surface area contributed by atoms with E-state index in [1.807, 2.05) is 0 Å². The minimum Gasteiger partial charge on any atom is -0.488 e. The smallest absolute Gasteiger partial charge is 0.123 e. The number of fused-ring (bicyclic) bond motifs is 2. The zero-order valence-corrected chi connectivity index (χ0v) is 11.3. The Balaban J connectivity index is 1.43. The van der Waals surface area contributed by atoms with E-state index in [0.29, 0.717) is 6.10 Å². The summed E-state index contributed by atoms with van der Waals surface area (Å²) in [7, 11) is 0. The number of hydrogen-bond acceptors (Lipinski definition) is 3. The molecule has 3 heterocycles. The molecule has 3 heteroatoms. The van der Waals surface area contributed by atoms with Gasteiger partial charge in [-0.1, -0.05) is 18.2 Å². The molecule has 19 heavy (non-hydrogen) atoms. The molecule has 0 saturated carbocycles. The summed E-state index contributed by atoms with van der Waals surface area (Å²) in [5.74, 6) is 1.98. The van der Waals surface area contributed by atoms with Crippen molar-refractivity contribution in [3.8, 4) is 5.75 Å². The van der Waals surface area contributed by atoms with Crippen LogP contribution in [0.2, 0.25) is 0 Å². The molecule has 4 rings (SSSR count). The van der Waals surface area contributed by atoms with Crippen molar-refractivity contribution >= 4 is 0 Å². The molecule has 3 aliphatic rings. The van der Waals surface area contributed by atoms with E-state index in [0.717, 1.165) is 30.7 Å². The molecule has 0 radical (unpaired) electrons. The first-order valence-electron chi connectivity index (χ1n) is 7.59. The summed E-state index contributed by atoms with van der Waals surface area (Å²) >= 11 is 0. The molecule has 3 unspecified atom stereocenters. The third-order valence-electron chi connectivity index (χ3n) is 4.95. The van der Waals surface area contributed by atoms with Crippen LogP contribution in [0.25, 0.3) is 0 Å². The van der Waals surface area contributed by atoms with Crippen LogP contribution < -0.4 is 10.1 Å². The zero-order chi connectivity index (χ0) is 12.7. The van der Waals surface area contributed by atoms with E-state index in [1.54, 1.807) is 0 Å². The van der Waals surface area contributed by atoms with Crippen molar-refractivity contribution in [3.63, 3.8) is 0 Å². The highest BCUT2D eigenvalue weighted by molar-refractivity contribution is 5.37. The van der Waals surface area contributed by atoms with Crippen molar-refractivity contribution < 1.29 is 4.74 Å². The number of likely N-dealkylation sites (tertiary alicyclic amines) is 1. The molecular formula is C16H22N2O. The third-order valence-corrected chi connectivity index (χ3v) is 4.95. The van der Waals surface area contributed by atoms with Gasteiger partial charge in [0.25, 0.3) is 0 Å². The number of piperidine rings is 1. The minimum atomic E-state index is 0.358. The molecule has 0 aliphatic carbocycles. The number of nitrogens with one attached hydrogen (secondary N) is 1. The molecule has 3 nitrogen and oxygen atoms in total. The average Bonchev–Trinajstić information content (AvgIpc) is 3.04. The van der Waals surface area contributed by atoms with E-state index in [2.05, 4.69) is 34.5 Å². The Morgan fingerprint density at radius 1 is 1.26 bits per heavy atom. The van der Waals surface area contributed by atoms with Gasteiger partial charge in [-0.15, -0.1) is 0 Å². The first-order chi connectivity index (χ1) is 9.40. The molecule has 102 valence electrons. The van der Waals surface area contributed by atoms with E-state index in [9.17, 15) is 0 Å². The minimum absolute atomic E-state index is 0.358. The molecule has 2 fully saturated rings. The Hall–Kier alpha value is -1.06. The fourth-order valence-corrected chi connectivity index (χ4v) is 4.01. The number of hydrogen-bond donors (Lipinski definition) is 1. The average molecular weight is 258 g/mol. The lowest BCUT2D eigenvalue weighted by Gasteiger charge is -2.38. The van der Waals surface area contributed by atoms with Gasteiger partial charge in [-0.2, -0.15) is 0 Å². The highest BCUT2D eigenvalue weighted by Gasteiger charge is 2.36. The van der Waals surface area contributed by atoms with Gasteiger partial charge in [0.2, 0.25) is 0 Å². The van der Waals surface area contributed by atoms with Crippen LogP contribution in [0.3, 0.4) is 0 Å². The van der Waals surface area contributed by atoms with E-state index in [4.69, 9.17) is 4.74 Å². The van der Waals surface area contributed by atoms with Crippen molar-refractivity contribution in [2.24, 2.45) is 5.92 Å². The van der Waals surface area contributed by atoms with E-state index in [-0.39, 0.29) is 0 Å². The van der Waals surface area contributed by atoms with Gasteiger partial charge in [0.1, 0.15) is 11.9 Å². The maximum atomic E-state index is 6.10. The van der Waals surface area contributed by atoms with Gasteiger partial charge in [-0.25, -0.2) is 0 Å². The molecule has 1 N–H and O–H groups in total. The molecule has 0 bridgehead atoms. The van der Waals surface area contributed by atoms with Crippen LogP contribution in [0, 0.1) is 5.92 Å². The highest BCUT2D eigenvalue weighted by Crippen LogP contribution is 2.31. The monoisotopic (exact) mass is 258 g/mol. The Kier molecular flexibility index (Phi) is 2.97. The Morgan fingerprint density at radius 2 is 2.21 bits per heavy atom. The normalized spacial score (nSPS) is 33.8. The quantitative estimate of drug-likeness (QED) is 0.873. The van der Waals surface area contributed by atoms with Gasteiger partial charge in [0.05, 0.1) is 0 Å². The van der Waals surface area contributed by atoms with Gasteiger partial charge in [0.15, 0.2) is 0 Å². The van der Waals surface area contributed by atoms with Crippen LogP contribution in [-0.2, 0) is 6.42 Å². The molecule has 1 aromatic rings. The molecule has 3 atom stereocenters. The van der Waals surface area contributed by atoms with Gasteiger partial charge in [-0.05, 0) is 43.5 Å². The number of nitrogens with zero attached hydrogens (tertiary/aromatic N) is 1. The van der Waals surface area contributed by atoms with Gasteiger partial charge in [-0.3, -0.25) is 4.90 Å². The molecule has 2 saturated heterocycles. The van der Waals surface area contributed by atoms with E-state index in [1.165, 1.54) is 38.0 Å². The maximum Gasteiger partial charge on any atom is 0.123 e. The van der Waals surface area contributed by atoms with Crippen LogP contribution in [0.4, 0.5) is 0 Å². The van der Waals surface area contributed by atoms with Crippen LogP contribution in [0.5, 0.6) is 5.75 Å². The van der Waals surface area contributed by atoms with Crippen LogP contribution in [0.1, 0.15) is 18.4 Å². The molecule has 0 spiro atoms. The Morgan fingerprint density at radius 3 is 3.16 bits per heavy atom. The topological polar surface area (TPSA) is 24.5 Å². The molecule has 0 aromatic heterocycles. The van der Waals surface area contributed by atoms with Crippen LogP contribution >= 0.6 is 0 Å². The number of para-hydroxylation sites is 1. The van der Waals surface area contributed by atoms with Crippen molar-refractivity contribution in [2.75, 3.05) is 26.2 Å². The predicted molar refractivity (Wildman–Crippen MR) is 75.5 cm³/mol. The predicted octanol–water partition coefficient (Wildman–Crippen LogP) is 1.67. The number of benzene rings is 1. The standard InChI is InChI=1S/C16H22N2O/c1-2-6-16-12(4-1)8-14(19-16)11-18-7-3-5-13-9-17-10-15(13)18/h1-2,4,6,13-15,17H,3,5,7-11H2. The second kappa shape index (κ2) is 4.80. The van der Waals surface area contributed by atoms with E-state index < -0.39 is 0 Å². The van der Waals surface area contributed by atoms with Crippen molar-refractivity contribution in [1.29, 1.82) is 0 Å². The second-order valence-electron chi connectivity index (χ2n) is 6.17. The van der Waals surface area contributed by atoms with Gasteiger partial charge < -0.3 is 10.1 Å². The second-order valence-corrected chi connectivity index (χ2v) is 6.17. The largest absolute Gasteiger partial charge is 0.488 e. The lowest BCUT2D eigenvalue weighted by atomic mass is 9.91. The Bertz CT molecular complexity index is 437. The number of ether oxygens (including phenoxy) is 1. The first kappa shape index (κ1) is 11.7. The lowest BCUT2D eigenvalue weighted by Crippen LogP contribution is -2.48. The first-order valence-corrected chi connectivity index (χ1v) is 7.59. The van der Waals surface area contributed by atoms with Crippen molar-refractivity contribution in [3.05, 3.63) is 29.8 Å². The number of rotatable bonds is 2. The van der Waals surface area contributed by atoms with Gasteiger partial charge in [0, 0.05) is 25.6 Å². The zero-order valence-electron chi connectivity index (χ0n) is 11.3. The SMILES string of the molecule is c1ccc2c(c1)CC(CN1CCCC3CNCC31)O2. The maximum absolute atomic E-state index is 6.10. The summed E-state index contributed by atoms with van der Waals surface area (Å²) < 4.78 is 6.10. The molecule has 3 aliphatic heterocycles. The summed E-state index contributed by atoms with van der Waals surface area (Å²) in [6.07, 6.45) is 4.19. The lowest BCUT2D eigenvalue weighted by molar-refractivity contribution is 0.0771. The van der Waals surface area contributed by atoms with Crippen LogP contribution in [-0.4, -0.2) is 43.2 Å². The van der Waals surface area contributed by atoms with Crippen molar-refractivity contribution in [1.82, 2.24) is 10.2 Å². The summed E-state index contributed by atoms with van der Waals surface area (Å²) in [4.78, 5) is 2.67. The summed E-state index contributed by atoms with van der Waals surface area (Å²) in [5.41, 5.74) is 1.38. The van der Waals surface area contributed by atoms with Crippen molar-refractivity contribution in [2.45, 2.75) is 31.4 Å². The molecular weight excluding hydrogens is 236 g/mol. The van der Waals surface area contributed by atoms with Crippen LogP contribution in [0.15, 0.2) is 24.3 Å². The summed E-state index contributed by atoms with van der Waals surface area (Å²) in [6.45, 7) is 4.73. The fourth-order valence-electron chi connectivity index (χ4n) is 4.01. The molecule has 1 aromatic carbocycles. The Labute approximate surface area is 114 Å². The third kappa shape index (κ3) is 2.15. The molecule has 0 amide bonds. The highest BCUT2D eigenvalue weighted by atomic mass is 16.5.